The second kappa shape index (κ2) is 4.84. The summed E-state index contributed by atoms with van der Waals surface area (Å²) in [7, 11) is 0.505. The molecule has 0 saturated heterocycles. The molecule has 5 heteroatoms. The van der Waals surface area contributed by atoms with Gasteiger partial charge in [0.05, 0.1) is 10.6 Å². The van der Waals surface area contributed by atoms with Crippen LogP contribution in [0.2, 0.25) is 0 Å². The number of hydrogen-bond acceptors (Lipinski definition) is 4. The molecule has 2 N–H and O–H groups in total. The lowest BCUT2D eigenvalue weighted by atomic mass is 10.2. The Morgan fingerprint density at radius 1 is 1.31 bits per heavy atom. The van der Waals surface area contributed by atoms with Crippen molar-refractivity contribution in [3.8, 4) is 0 Å². The highest BCUT2D eigenvalue weighted by Crippen LogP contribution is 2.19. The molecule has 0 aliphatic rings. The maximum Gasteiger partial charge on any atom is 0.179 e. The molecule has 0 amide bonds. The molecule has 0 aliphatic heterocycles. The molecule has 0 spiro atoms. The van der Waals surface area contributed by atoms with Crippen LogP contribution in [0.3, 0.4) is 0 Å². The third-order valence-electron chi connectivity index (χ3n) is 2.34. The number of nitrogens with zero attached hydrogens (tertiary/aromatic N) is 1. The molecule has 1 aromatic rings. The third kappa shape index (κ3) is 3.21. The summed E-state index contributed by atoms with van der Waals surface area (Å²) >= 11 is 0. The SMILES string of the molecule is Cc1cc(N)ccc1S(=O)(=O)CCN(C)C. The Morgan fingerprint density at radius 3 is 2.44 bits per heavy atom. The highest BCUT2D eigenvalue weighted by molar-refractivity contribution is 7.91. The van der Waals surface area contributed by atoms with Crippen LogP contribution in [0.4, 0.5) is 5.69 Å². The van der Waals surface area contributed by atoms with Crippen molar-refractivity contribution < 1.29 is 8.42 Å². The lowest BCUT2D eigenvalue weighted by molar-refractivity contribution is 0.432. The van der Waals surface area contributed by atoms with Gasteiger partial charge < -0.3 is 10.6 Å². The minimum absolute atomic E-state index is 0.130. The van der Waals surface area contributed by atoms with Gasteiger partial charge >= 0.3 is 0 Å². The van der Waals surface area contributed by atoms with Gasteiger partial charge in [-0.15, -0.1) is 0 Å². The predicted molar refractivity (Wildman–Crippen MR) is 66.2 cm³/mol. The van der Waals surface area contributed by atoms with Gasteiger partial charge in [-0.3, -0.25) is 0 Å². The van der Waals surface area contributed by atoms with Crippen LogP contribution in [0.1, 0.15) is 5.56 Å². The average molecular weight is 242 g/mol. The number of nitrogen functional groups attached to an aromatic ring is 1. The van der Waals surface area contributed by atoms with Crippen molar-refractivity contribution in [2.75, 3.05) is 32.1 Å². The van der Waals surface area contributed by atoms with Crippen molar-refractivity contribution in [2.45, 2.75) is 11.8 Å². The number of hydrogen-bond donors (Lipinski definition) is 1. The minimum atomic E-state index is -3.20. The number of aryl methyl sites for hydroxylation is 1. The van der Waals surface area contributed by atoms with Gasteiger partial charge in [-0.2, -0.15) is 0 Å². The monoisotopic (exact) mass is 242 g/mol. The Balaban J connectivity index is 2.99. The van der Waals surface area contributed by atoms with Crippen molar-refractivity contribution in [3.05, 3.63) is 23.8 Å². The summed E-state index contributed by atoms with van der Waals surface area (Å²) < 4.78 is 24.0. The molecule has 0 fully saturated rings. The van der Waals surface area contributed by atoms with Crippen LogP contribution >= 0.6 is 0 Å². The normalized spacial score (nSPS) is 12.0. The van der Waals surface area contributed by atoms with Crippen molar-refractivity contribution in [3.63, 3.8) is 0 Å². The number of sulfone groups is 1. The molecule has 90 valence electrons. The standard InChI is InChI=1S/C11H18N2O2S/c1-9-8-10(12)4-5-11(9)16(14,15)7-6-13(2)3/h4-5,8H,6-7,12H2,1-3H3. The molecule has 1 rings (SSSR count). The van der Waals surface area contributed by atoms with Gasteiger partial charge in [-0.05, 0) is 44.8 Å². The van der Waals surface area contributed by atoms with Crippen LogP contribution < -0.4 is 5.73 Å². The first-order valence-corrected chi connectivity index (χ1v) is 6.72. The maximum atomic E-state index is 12.0. The number of benzene rings is 1. The molecule has 0 heterocycles. The van der Waals surface area contributed by atoms with Gasteiger partial charge in [-0.25, -0.2) is 8.42 Å². The molecule has 0 unspecified atom stereocenters. The molecular formula is C11H18N2O2S. The Morgan fingerprint density at radius 2 is 1.94 bits per heavy atom. The van der Waals surface area contributed by atoms with E-state index in [9.17, 15) is 8.42 Å². The Kier molecular flexibility index (Phi) is 3.93. The van der Waals surface area contributed by atoms with Gasteiger partial charge in [0.1, 0.15) is 0 Å². The summed E-state index contributed by atoms with van der Waals surface area (Å²) in [6, 6.07) is 4.88. The van der Waals surface area contributed by atoms with E-state index in [1.165, 1.54) is 0 Å². The smallest absolute Gasteiger partial charge is 0.179 e. The molecule has 0 saturated carbocycles. The van der Waals surface area contributed by atoms with Crippen LogP contribution in [0.25, 0.3) is 0 Å². The van der Waals surface area contributed by atoms with Gasteiger partial charge in [0, 0.05) is 12.2 Å². The summed E-state index contributed by atoms with van der Waals surface area (Å²) in [6.07, 6.45) is 0. The highest BCUT2D eigenvalue weighted by atomic mass is 32.2. The van der Waals surface area contributed by atoms with Crippen LogP contribution in [-0.2, 0) is 9.84 Å². The van der Waals surface area contributed by atoms with E-state index in [0.717, 1.165) is 0 Å². The number of anilines is 1. The second-order valence-electron chi connectivity index (χ2n) is 4.15. The van der Waals surface area contributed by atoms with E-state index in [-0.39, 0.29) is 5.75 Å². The van der Waals surface area contributed by atoms with E-state index >= 15 is 0 Å². The first-order valence-electron chi connectivity index (χ1n) is 5.06. The van der Waals surface area contributed by atoms with Crippen LogP contribution in [0.15, 0.2) is 23.1 Å². The zero-order valence-electron chi connectivity index (χ0n) is 9.90. The lowest BCUT2D eigenvalue weighted by Crippen LogP contribution is -2.22. The first-order chi connectivity index (χ1) is 7.33. The second-order valence-corrected chi connectivity index (χ2v) is 6.22. The van der Waals surface area contributed by atoms with Crippen molar-refractivity contribution in [1.82, 2.24) is 4.90 Å². The fraction of sp³-hybridized carbons (Fsp3) is 0.455. The van der Waals surface area contributed by atoms with E-state index in [2.05, 4.69) is 0 Å². The summed E-state index contributed by atoms with van der Waals surface area (Å²) in [5, 5.41) is 0. The van der Waals surface area contributed by atoms with Gasteiger partial charge in [0.25, 0.3) is 0 Å². The van der Waals surface area contributed by atoms with Gasteiger partial charge in [-0.1, -0.05) is 0 Å². The van der Waals surface area contributed by atoms with E-state index in [0.29, 0.717) is 22.7 Å². The lowest BCUT2D eigenvalue weighted by Gasteiger charge is -2.11. The average Bonchev–Trinajstić information content (AvgIpc) is 2.14. The number of nitrogens with two attached hydrogens (primary N) is 1. The fourth-order valence-electron chi connectivity index (χ4n) is 1.43. The summed E-state index contributed by atoms with van der Waals surface area (Å²) in [5.41, 5.74) is 6.88. The molecule has 0 radical (unpaired) electrons. The number of rotatable bonds is 4. The quantitative estimate of drug-likeness (QED) is 0.797. The molecule has 1 aromatic carbocycles. The Bertz CT molecular complexity index is 467. The van der Waals surface area contributed by atoms with Crippen LogP contribution in [-0.4, -0.2) is 39.7 Å². The molecule has 0 aromatic heterocycles. The zero-order chi connectivity index (χ0) is 12.3. The highest BCUT2D eigenvalue weighted by Gasteiger charge is 2.16. The summed E-state index contributed by atoms with van der Waals surface area (Å²) in [5.74, 6) is 0.130. The van der Waals surface area contributed by atoms with Crippen molar-refractivity contribution in [2.24, 2.45) is 0 Å². The minimum Gasteiger partial charge on any atom is -0.399 e. The van der Waals surface area contributed by atoms with Crippen LogP contribution in [0.5, 0.6) is 0 Å². The molecule has 0 aliphatic carbocycles. The van der Waals surface area contributed by atoms with Crippen molar-refractivity contribution >= 4 is 15.5 Å². The third-order valence-corrected chi connectivity index (χ3v) is 4.19. The molecule has 0 bridgehead atoms. The molecule has 16 heavy (non-hydrogen) atoms. The molecular weight excluding hydrogens is 224 g/mol. The summed E-state index contributed by atoms with van der Waals surface area (Å²) in [6.45, 7) is 2.28. The van der Waals surface area contributed by atoms with E-state index < -0.39 is 9.84 Å². The van der Waals surface area contributed by atoms with E-state index in [1.54, 1.807) is 25.1 Å². The van der Waals surface area contributed by atoms with E-state index in [1.807, 2.05) is 19.0 Å². The van der Waals surface area contributed by atoms with Gasteiger partial charge in [0.15, 0.2) is 9.84 Å². The largest absolute Gasteiger partial charge is 0.399 e. The maximum absolute atomic E-state index is 12.0. The van der Waals surface area contributed by atoms with E-state index in [4.69, 9.17) is 5.73 Å². The molecule has 0 atom stereocenters. The predicted octanol–water partition coefficient (Wildman–Crippen LogP) is 0.913. The van der Waals surface area contributed by atoms with Gasteiger partial charge in [0.2, 0.25) is 0 Å². The molecule has 4 nitrogen and oxygen atoms in total. The van der Waals surface area contributed by atoms with Crippen LogP contribution in [0, 0.1) is 6.92 Å². The Hall–Kier alpha value is -1.07. The first kappa shape index (κ1) is 13.0. The summed E-state index contributed by atoms with van der Waals surface area (Å²) in [4.78, 5) is 2.23. The topological polar surface area (TPSA) is 63.4 Å². The zero-order valence-corrected chi connectivity index (χ0v) is 10.7. The Labute approximate surface area is 97.0 Å². The fourth-order valence-corrected chi connectivity index (χ4v) is 3.08. The van der Waals surface area contributed by atoms with Crippen molar-refractivity contribution in [1.29, 1.82) is 0 Å².